The van der Waals surface area contributed by atoms with Gasteiger partial charge in [0.05, 0.1) is 17.8 Å². The molecular weight excluding hydrogens is 416 g/mol. The van der Waals surface area contributed by atoms with Gasteiger partial charge in [-0.05, 0) is 60.7 Å². The number of esters is 1. The number of ether oxygens (including phenoxy) is 3. The first-order chi connectivity index (χ1) is 15.4. The minimum Gasteiger partial charge on any atom is -0.461 e. The second kappa shape index (κ2) is 8.49. The van der Waals surface area contributed by atoms with Crippen LogP contribution in [0.15, 0.2) is 35.5 Å². The van der Waals surface area contributed by atoms with Crippen LogP contribution >= 0.6 is 0 Å². The van der Waals surface area contributed by atoms with Crippen LogP contribution in [0.5, 0.6) is 0 Å². The number of carbonyl (C=O) groups is 2. The first-order valence-electron chi connectivity index (χ1n) is 12.4. The summed E-state index contributed by atoms with van der Waals surface area (Å²) in [7, 11) is 1.79. The van der Waals surface area contributed by atoms with Gasteiger partial charge in [0.15, 0.2) is 5.78 Å². The zero-order chi connectivity index (χ0) is 24.2. The average molecular weight is 457 g/mol. The third-order valence-electron chi connectivity index (χ3n) is 9.07. The maximum atomic E-state index is 12.5. The minimum atomic E-state index is -0.484. The Hall–Kier alpha value is -1.72. The molecule has 33 heavy (non-hydrogen) atoms. The van der Waals surface area contributed by atoms with Crippen LogP contribution in [0.1, 0.15) is 67.2 Å². The van der Waals surface area contributed by atoms with Gasteiger partial charge in [0, 0.05) is 32.3 Å². The van der Waals surface area contributed by atoms with Gasteiger partial charge in [-0.3, -0.25) is 9.59 Å². The van der Waals surface area contributed by atoms with Crippen molar-refractivity contribution in [2.75, 3.05) is 13.7 Å². The zero-order valence-electron chi connectivity index (χ0n) is 21.3. The van der Waals surface area contributed by atoms with Crippen LogP contribution in [0.3, 0.4) is 0 Å². The van der Waals surface area contributed by atoms with E-state index in [0.717, 1.165) is 17.6 Å². The molecule has 1 aliphatic heterocycles. The Morgan fingerprint density at radius 2 is 1.88 bits per heavy atom. The number of carbonyl (C=O) groups excluding carboxylic acids is 2. The molecule has 0 spiro atoms. The largest absolute Gasteiger partial charge is 0.461 e. The van der Waals surface area contributed by atoms with E-state index in [-0.39, 0.29) is 53.2 Å². The van der Waals surface area contributed by atoms with Crippen molar-refractivity contribution >= 4 is 11.8 Å². The summed E-state index contributed by atoms with van der Waals surface area (Å²) in [6.07, 6.45) is 12.3. The summed E-state index contributed by atoms with van der Waals surface area (Å²) in [5.41, 5.74) is 1.45. The second-order valence-corrected chi connectivity index (χ2v) is 11.7. The molecular formula is C28H40O5. The average Bonchev–Trinajstić information content (AvgIpc) is 2.72. The molecule has 0 N–H and O–H groups in total. The standard InChI is InChI=1S/C28H40O5/c1-17-13-22-20(15-21(17)30)19(16-32-18(2)29)14-23(33-22)25-27(5)11-8-10-26(3,4)24(27)9-12-28(25,6)31-7/h9,12-14,20,22-25H,8,10-11,15-16H2,1-7H3/t20-,22-,23-,24+,25-,27+,28-/m1/s1. The molecule has 0 saturated heterocycles. The van der Waals surface area contributed by atoms with Crippen LogP contribution < -0.4 is 0 Å². The van der Waals surface area contributed by atoms with Crippen LogP contribution in [0.4, 0.5) is 0 Å². The van der Waals surface area contributed by atoms with Crippen LogP contribution in [0.2, 0.25) is 0 Å². The van der Waals surface area contributed by atoms with Crippen molar-refractivity contribution in [1.82, 2.24) is 0 Å². The molecule has 0 amide bonds. The van der Waals surface area contributed by atoms with E-state index in [1.165, 1.54) is 19.8 Å². The third kappa shape index (κ3) is 4.16. The van der Waals surface area contributed by atoms with Crippen molar-refractivity contribution in [1.29, 1.82) is 0 Å². The van der Waals surface area contributed by atoms with Crippen molar-refractivity contribution in [2.45, 2.75) is 85.0 Å². The maximum absolute atomic E-state index is 12.5. The minimum absolute atomic E-state index is 0.00888. The lowest BCUT2D eigenvalue weighted by atomic mass is 9.46. The fraction of sp³-hybridized carbons (Fsp3) is 0.714. The highest BCUT2D eigenvalue weighted by Gasteiger charge is 2.59. The molecule has 7 atom stereocenters. The Morgan fingerprint density at radius 3 is 2.55 bits per heavy atom. The molecule has 0 bridgehead atoms. The van der Waals surface area contributed by atoms with E-state index in [2.05, 4.69) is 45.9 Å². The second-order valence-electron chi connectivity index (χ2n) is 11.7. The van der Waals surface area contributed by atoms with E-state index >= 15 is 0 Å². The SMILES string of the molecule is CO[C@]1(C)C=C[C@H]2C(C)(C)CCC[C@]2(C)[C@H]1[C@H]1C=C(COC(C)=O)[C@H]2CC(=O)C(C)=C[C@H]2O1. The fourth-order valence-corrected chi connectivity index (χ4v) is 7.38. The highest BCUT2D eigenvalue weighted by Crippen LogP contribution is 2.62. The van der Waals surface area contributed by atoms with Crippen molar-refractivity contribution in [2.24, 2.45) is 28.6 Å². The molecule has 0 radical (unpaired) electrons. The molecule has 182 valence electrons. The molecule has 3 aliphatic carbocycles. The number of Topliss-reactive ketones (excluding diaryl/α,β-unsaturated/α-hetero) is 1. The quantitative estimate of drug-likeness (QED) is 0.430. The Morgan fingerprint density at radius 1 is 1.15 bits per heavy atom. The van der Waals surface area contributed by atoms with E-state index in [9.17, 15) is 9.59 Å². The molecule has 0 aromatic heterocycles. The van der Waals surface area contributed by atoms with E-state index in [1.807, 2.05) is 13.0 Å². The number of fused-ring (bicyclic) bond motifs is 2. The maximum Gasteiger partial charge on any atom is 0.302 e. The number of ketones is 1. The van der Waals surface area contributed by atoms with Gasteiger partial charge in [0.25, 0.3) is 0 Å². The van der Waals surface area contributed by atoms with Gasteiger partial charge in [0.1, 0.15) is 6.61 Å². The lowest BCUT2D eigenvalue weighted by Gasteiger charge is -2.61. The van der Waals surface area contributed by atoms with Gasteiger partial charge >= 0.3 is 5.97 Å². The van der Waals surface area contributed by atoms with Crippen LogP contribution in [0.25, 0.3) is 0 Å². The van der Waals surface area contributed by atoms with E-state index < -0.39 is 5.60 Å². The van der Waals surface area contributed by atoms with Crippen LogP contribution in [-0.2, 0) is 23.8 Å². The summed E-state index contributed by atoms with van der Waals surface area (Å²) in [6, 6.07) is 0. The summed E-state index contributed by atoms with van der Waals surface area (Å²) in [5.74, 6) is 0.243. The summed E-state index contributed by atoms with van der Waals surface area (Å²) in [5, 5.41) is 0. The number of allylic oxidation sites excluding steroid dienone is 2. The Bertz CT molecular complexity index is 911. The van der Waals surface area contributed by atoms with E-state index in [1.54, 1.807) is 7.11 Å². The highest BCUT2D eigenvalue weighted by molar-refractivity contribution is 5.96. The molecule has 4 rings (SSSR count). The Labute approximate surface area is 198 Å². The summed E-state index contributed by atoms with van der Waals surface area (Å²) >= 11 is 0. The molecule has 0 aromatic rings. The lowest BCUT2D eigenvalue weighted by Crippen LogP contribution is -2.60. The molecule has 0 unspecified atom stereocenters. The Kier molecular flexibility index (Phi) is 6.28. The van der Waals surface area contributed by atoms with Crippen molar-refractivity contribution < 1.29 is 23.8 Å². The predicted octanol–water partition coefficient (Wildman–Crippen LogP) is 5.20. The Balaban J connectivity index is 1.79. The summed E-state index contributed by atoms with van der Waals surface area (Å²) in [6.45, 7) is 12.8. The first-order valence-corrected chi connectivity index (χ1v) is 12.4. The number of hydrogen-bond acceptors (Lipinski definition) is 5. The normalized spacial score (nSPS) is 42.0. The highest BCUT2D eigenvalue weighted by atomic mass is 16.5. The van der Waals surface area contributed by atoms with Gasteiger partial charge < -0.3 is 14.2 Å². The topological polar surface area (TPSA) is 61.8 Å². The fourth-order valence-electron chi connectivity index (χ4n) is 7.38. The summed E-state index contributed by atoms with van der Waals surface area (Å²) < 4.78 is 18.4. The van der Waals surface area contributed by atoms with Gasteiger partial charge in [-0.2, -0.15) is 0 Å². The first kappa shape index (κ1) is 24.4. The number of methoxy groups -OCH3 is 1. The van der Waals surface area contributed by atoms with E-state index in [4.69, 9.17) is 14.2 Å². The van der Waals surface area contributed by atoms with Crippen LogP contribution in [0, 0.1) is 28.6 Å². The zero-order valence-corrected chi connectivity index (χ0v) is 21.3. The van der Waals surface area contributed by atoms with E-state index in [0.29, 0.717) is 12.3 Å². The molecule has 4 aliphatic rings. The molecule has 5 nitrogen and oxygen atoms in total. The molecule has 1 fully saturated rings. The molecule has 1 saturated carbocycles. The van der Waals surface area contributed by atoms with Crippen molar-refractivity contribution in [3.8, 4) is 0 Å². The van der Waals surface area contributed by atoms with Gasteiger partial charge in [-0.15, -0.1) is 0 Å². The smallest absolute Gasteiger partial charge is 0.302 e. The predicted molar refractivity (Wildman–Crippen MR) is 128 cm³/mol. The van der Waals surface area contributed by atoms with Crippen molar-refractivity contribution in [3.05, 3.63) is 35.5 Å². The van der Waals surface area contributed by atoms with Crippen molar-refractivity contribution in [3.63, 3.8) is 0 Å². The molecule has 0 aromatic carbocycles. The van der Waals surface area contributed by atoms with Crippen LogP contribution in [-0.4, -0.2) is 43.3 Å². The number of rotatable bonds is 4. The van der Waals surface area contributed by atoms with Gasteiger partial charge in [-0.25, -0.2) is 0 Å². The summed E-state index contributed by atoms with van der Waals surface area (Å²) in [4.78, 5) is 24.1. The molecule has 1 heterocycles. The van der Waals surface area contributed by atoms with Gasteiger partial charge in [-0.1, -0.05) is 45.4 Å². The monoisotopic (exact) mass is 456 g/mol. The van der Waals surface area contributed by atoms with Gasteiger partial charge in [0.2, 0.25) is 0 Å². The third-order valence-corrected chi connectivity index (χ3v) is 9.07. The molecule has 5 heteroatoms. The number of hydrogen-bond donors (Lipinski definition) is 0. The lowest BCUT2D eigenvalue weighted by molar-refractivity contribution is -0.173.